The lowest BCUT2D eigenvalue weighted by molar-refractivity contribution is -0.152. The maximum Gasteiger partial charge on any atom is 0.283 e. The van der Waals surface area contributed by atoms with Gasteiger partial charge in [-0.3, -0.25) is 24.1 Å². The van der Waals surface area contributed by atoms with E-state index in [9.17, 15) is 39.6 Å². The first-order chi connectivity index (χ1) is 18.5. The van der Waals surface area contributed by atoms with Crippen LogP contribution in [-0.2, 0) is 16.0 Å². The summed E-state index contributed by atoms with van der Waals surface area (Å²) in [5, 5.41) is 47.5. The van der Waals surface area contributed by atoms with E-state index >= 15 is 0 Å². The van der Waals surface area contributed by atoms with E-state index in [1.165, 1.54) is 25.1 Å². The average Bonchev–Trinajstić information content (AvgIpc) is 2.82. The Morgan fingerprint density at radius 3 is 2.33 bits per heavy atom. The second-order valence-electron chi connectivity index (χ2n) is 10.7. The molecule has 1 aromatic carbocycles. The van der Waals surface area contributed by atoms with E-state index in [4.69, 9.17) is 11.5 Å². The Bertz CT molecular complexity index is 1420. The lowest BCUT2D eigenvalue weighted by atomic mass is 9.54. The third-order valence-corrected chi connectivity index (χ3v) is 8.54. The summed E-state index contributed by atoms with van der Waals surface area (Å²) in [5.41, 5.74) is 6.35. The minimum absolute atomic E-state index is 0.0340. The summed E-state index contributed by atoms with van der Waals surface area (Å²) in [6.07, 6.45) is -0.214. The van der Waals surface area contributed by atoms with Crippen LogP contribution >= 0.6 is 11.8 Å². The van der Waals surface area contributed by atoms with E-state index in [2.05, 4.69) is 5.32 Å². The number of aliphatic hydroxyl groups is 3. The van der Waals surface area contributed by atoms with Gasteiger partial charge in [0.2, 0.25) is 11.4 Å². The fraction of sp³-hybridized carbons (Fsp3) is 0.462. The molecule has 0 saturated carbocycles. The zero-order valence-corrected chi connectivity index (χ0v) is 23.5. The lowest BCUT2D eigenvalue weighted by Gasteiger charge is -2.56. The Balaban J connectivity index is 1.99. The fourth-order valence-electron chi connectivity index (χ4n) is 6.28. The number of thioether (sulfide) groups is 1. The molecular weight excluding hydrogens is 542 g/mol. The Kier molecular flexibility index (Phi) is 7.20. The molecule has 0 radical (unpaired) electrons. The molecule has 0 fully saturated rings. The monoisotopic (exact) mass is 575 g/mol. The maximum atomic E-state index is 14.0. The van der Waals surface area contributed by atoms with E-state index in [0.29, 0.717) is 17.0 Å². The molecule has 0 heterocycles. The van der Waals surface area contributed by atoms with Crippen LogP contribution in [0.4, 0.5) is 16.2 Å². The quantitative estimate of drug-likeness (QED) is 0.189. The first-order valence-corrected chi connectivity index (χ1v) is 13.5. The fourth-order valence-corrected chi connectivity index (χ4v) is 6.73. The molecular formula is C26H33N5O8S. The van der Waals surface area contributed by atoms with E-state index in [1.807, 2.05) is 0 Å². The number of hydrogen-bond acceptors (Lipinski definition) is 12. The molecule has 2 amide bonds. The smallest absolute Gasteiger partial charge is 0.283 e. The summed E-state index contributed by atoms with van der Waals surface area (Å²) >= 11 is 0.963. The summed E-state index contributed by atoms with van der Waals surface area (Å²) < 4.78 is 0. The van der Waals surface area contributed by atoms with Crippen LogP contribution in [0.2, 0.25) is 0 Å². The zero-order valence-electron chi connectivity index (χ0n) is 22.7. The highest BCUT2D eigenvalue weighted by Crippen LogP contribution is 2.54. The molecule has 13 nitrogen and oxygen atoms in total. The zero-order chi connectivity index (χ0) is 30.1. The highest BCUT2D eigenvalue weighted by Gasteiger charge is 2.70. The maximum absolute atomic E-state index is 14.0. The van der Waals surface area contributed by atoms with Gasteiger partial charge >= 0.3 is 0 Å². The summed E-state index contributed by atoms with van der Waals surface area (Å²) in [6, 6.07) is 0.190. The van der Waals surface area contributed by atoms with Gasteiger partial charge in [-0.2, -0.15) is 0 Å². The van der Waals surface area contributed by atoms with Crippen LogP contribution in [0.3, 0.4) is 0 Å². The normalized spacial score (nSPS) is 27.8. The minimum Gasteiger partial charge on any atom is -0.510 e. The number of likely N-dealkylation sites (N-methyl/N-ethyl adjacent to an activating group) is 1. The van der Waals surface area contributed by atoms with Crippen LogP contribution in [0.1, 0.15) is 29.3 Å². The molecule has 0 spiro atoms. The molecule has 0 aromatic heterocycles. The Labute approximate surface area is 234 Å². The van der Waals surface area contributed by atoms with E-state index in [1.54, 1.807) is 25.9 Å². The number of nitrogens with two attached hydrogens (primary N) is 2. The molecule has 4 atom stereocenters. The number of carbonyl (C=O) groups is 4. The van der Waals surface area contributed by atoms with Gasteiger partial charge in [-0.25, -0.2) is 0 Å². The number of nitrogens with zero attached hydrogens (tertiary/aromatic N) is 2. The molecule has 1 aromatic rings. The number of phenols is 1. The third kappa shape index (κ3) is 3.89. The average molecular weight is 576 g/mol. The predicted octanol–water partition coefficient (Wildman–Crippen LogP) is 0.553. The molecule has 3 aliphatic rings. The number of phenolic OH excluding ortho intramolecular Hbond substituents is 1. The van der Waals surface area contributed by atoms with Crippen molar-refractivity contribution in [3.63, 3.8) is 0 Å². The molecule has 3 aliphatic carbocycles. The van der Waals surface area contributed by atoms with Crippen LogP contribution in [0.15, 0.2) is 28.7 Å². The van der Waals surface area contributed by atoms with Crippen molar-refractivity contribution in [1.29, 1.82) is 0 Å². The van der Waals surface area contributed by atoms with Crippen molar-refractivity contribution >= 4 is 45.8 Å². The van der Waals surface area contributed by atoms with Gasteiger partial charge in [0.05, 0.1) is 22.8 Å². The number of allylic oxidation sites excluding steroid dienone is 1. The minimum atomic E-state index is -3.00. The van der Waals surface area contributed by atoms with Crippen molar-refractivity contribution in [2.75, 3.05) is 44.2 Å². The number of nitrogens with one attached hydrogen (secondary N) is 1. The second-order valence-corrected chi connectivity index (χ2v) is 11.9. The molecule has 40 heavy (non-hydrogen) atoms. The van der Waals surface area contributed by atoms with Gasteiger partial charge in [0.25, 0.3) is 11.1 Å². The van der Waals surface area contributed by atoms with Crippen LogP contribution in [-0.4, -0.2) is 99.2 Å². The highest BCUT2D eigenvalue weighted by atomic mass is 32.2. The molecule has 216 valence electrons. The topological polar surface area (TPSA) is 220 Å². The number of primary amides is 1. The molecule has 4 rings (SSSR count). The van der Waals surface area contributed by atoms with Crippen molar-refractivity contribution in [2.24, 2.45) is 17.4 Å². The summed E-state index contributed by atoms with van der Waals surface area (Å²) in [5.74, 6) is -6.40. The number of anilines is 2. The Hall–Kier alpha value is -3.59. The molecule has 0 bridgehead atoms. The van der Waals surface area contributed by atoms with E-state index in [-0.39, 0.29) is 29.7 Å². The van der Waals surface area contributed by atoms with Crippen LogP contribution < -0.4 is 21.7 Å². The molecule has 0 saturated heterocycles. The van der Waals surface area contributed by atoms with Crippen LogP contribution in [0.5, 0.6) is 5.75 Å². The number of amides is 2. The third-order valence-electron chi connectivity index (χ3n) is 7.89. The van der Waals surface area contributed by atoms with Crippen molar-refractivity contribution in [1.82, 2.24) is 4.90 Å². The number of aromatic hydroxyl groups is 1. The first kappa shape index (κ1) is 29.4. The number of ketones is 2. The van der Waals surface area contributed by atoms with E-state index in [0.717, 1.165) is 11.8 Å². The SMILES string of the molecule is CCSC(=O)Nc1cc(N(C)C)c2c(c1O)C(=O)C1=C(O)[C@]3(O)C(=O)C(C(N)=O)=C(O)[C@@H](N(C)C)[C@]3(N)C[C@@H]1C2. The van der Waals surface area contributed by atoms with Gasteiger partial charge < -0.3 is 42.1 Å². The summed E-state index contributed by atoms with van der Waals surface area (Å²) in [4.78, 5) is 55.1. The number of aliphatic hydroxyl groups excluding tert-OH is 2. The van der Waals surface area contributed by atoms with Gasteiger partial charge in [-0.1, -0.05) is 18.7 Å². The molecule has 14 heteroatoms. The van der Waals surface area contributed by atoms with Crippen molar-refractivity contribution in [3.05, 3.63) is 39.9 Å². The van der Waals surface area contributed by atoms with Gasteiger partial charge in [0, 0.05) is 25.4 Å². The summed E-state index contributed by atoms with van der Waals surface area (Å²) in [6.45, 7) is 1.78. The highest BCUT2D eigenvalue weighted by molar-refractivity contribution is 8.13. The van der Waals surface area contributed by atoms with Crippen LogP contribution in [0.25, 0.3) is 0 Å². The Morgan fingerprint density at radius 2 is 1.80 bits per heavy atom. The number of fused-ring (bicyclic) bond motifs is 3. The Morgan fingerprint density at radius 1 is 1.18 bits per heavy atom. The lowest BCUT2D eigenvalue weighted by Crippen LogP contribution is -2.79. The second kappa shape index (κ2) is 9.80. The van der Waals surface area contributed by atoms with Gasteiger partial charge in [-0.15, -0.1) is 0 Å². The molecule has 0 unspecified atom stereocenters. The standard InChI is InChI=1S/C26H33N5O8S/c1-6-40-24(38)29-12-8-13(30(2)3)11-7-10-9-25(28)20(31(4)5)19(34)16(23(27)37)22(36)26(25,39)21(35)14(10)18(33)15(11)17(12)32/h8,10,20,32,34-35,39H,6-7,9,28H2,1-5H3,(H2,27,37)(H,29,38)/t10-,20+,25+,26-/m0/s1. The largest absolute Gasteiger partial charge is 0.510 e. The van der Waals surface area contributed by atoms with Gasteiger partial charge in [0.15, 0.2) is 11.5 Å². The first-order valence-electron chi connectivity index (χ1n) is 12.5. The number of hydrogen-bond donors (Lipinski definition) is 7. The number of carbonyl (C=O) groups excluding carboxylic acids is 4. The number of benzene rings is 1. The van der Waals surface area contributed by atoms with E-state index < -0.39 is 68.7 Å². The van der Waals surface area contributed by atoms with Crippen molar-refractivity contribution in [2.45, 2.75) is 36.9 Å². The summed E-state index contributed by atoms with van der Waals surface area (Å²) in [7, 11) is 6.42. The number of Topliss-reactive ketones (excluding diaryl/α,β-unsaturated/α-hetero) is 2. The van der Waals surface area contributed by atoms with Gasteiger partial charge in [0.1, 0.15) is 17.1 Å². The van der Waals surface area contributed by atoms with Gasteiger partial charge in [-0.05, 0) is 50.2 Å². The molecule has 0 aliphatic heterocycles. The number of rotatable bonds is 5. The predicted molar refractivity (Wildman–Crippen MR) is 149 cm³/mol. The van der Waals surface area contributed by atoms with Crippen molar-refractivity contribution in [3.8, 4) is 5.75 Å². The van der Waals surface area contributed by atoms with Crippen molar-refractivity contribution < 1.29 is 39.6 Å². The molecule has 9 N–H and O–H groups in total. The van der Waals surface area contributed by atoms with Crippen LogP contribution in [0, 0.1) is 5.92 Å².